The number of nitrogens with zero attached hydrogens (tertiary/aromatic N) is 3. The van der Waals surface area contributed by atoms with Gasteiger partial charge in [-0.3, -0.25) is 0 Å². The maximum atomic E-state index is 5.58. The first-order valence-electron chi connectivity index (χ1n) is 5.50. The highest BCUT2D eigenvalue weighted by Crippen LogP contribution is 2.26. The van der Waals surface area contributed by atoms with Crippen LogP contribution in [0, 0.1) is 0 Å². The fourth-order valence-electron chi connectivity index (χ4n) is 1.91. The number of aromatic nitrogens is 2. The van der Waals surface area contributed by atoms with E-state index in [9.17, 15) is 0 Å². The molecule has 1 aromatic heterocycles. The Kier molecular flexibility index (Phi) is 7.70. The van der Waals surface area contributed by atoms with E-state index < -0.39 is 0 Å². The minimum absolute atomic E-state index is 0. The lowest BCUT2D eigenvalue weighted by Gasteiger charge is -2.26. The van der Waals surface area contributed by atoms with Crippen LogP contribution >= 0.6 is 24.8 Å². The van der Waals surface area contributed by atoms with Gasteiger partial charge in [-0.05, 0) is 33.0 Å². The highest BCUT2D eigenvalue weighted by molar-refractivity contribution is 5.85. The molecule has 1 saturated heterocycles. The fourth-order valence-corrected chi connectivity index (χ4v) is 1.91. The van der Waals surface area contributed by atoms with E-state index in [0.717, 1.165) is 31.8 Å². The fraction of sp³-hybridized carbons (Fsp3) is 0.800. The molecule has 2 rings (SSSR count). The second-order valence-electron chi connectivity index (χ2n) is 4.15. The topological polar surface area (TPSA) is 68.2 Å². The summed E-state index contributed by atoms with van der Waals surface area (Å²) in [5.74, 6) is 1.92. The number of nitrogens with two attached hydrogens (primary N) is 1. The monoisotopic (exact) mass is 282 g/mol. The Labute approximate surface area is 114 Å². The molecular weight excluding hydrogens is 263 g/mol. The maximum absolute atomic E-state index is 5.58. The normalized spacial score (nSPS) is 17.3. The van der Waals surface area contributed by atoms with E-state index in [1.54, 1.807) is 0 Å². The Morgan fingerprint density at radius 3 is 2.53 bits per heavy atom. The van der Waals surface area contributed by atoms with Crippen LogP contribution in [0.5, 0.6) is 0 Å². The zero-order chi connectivity index (χ0) is 10.7. The van der Waals surface area contributed by atoms with Gasteiger partial charge in [0.1, 0.15) is 0 Å². The molecule has 0 aliphatic carbocycles. The third-order valence-corrected chi connectivity index (χ3v) is 2.91. The van der Waals surface area contributed by atoms with E-state index in [4.69, 9.17) is 10.2 Å². The second-order valence-corrected chi connectivity index (χ2v) is 4.15. The smallest absolute Gasteiger partial charge is 0.219 e. The standard InChI is InChI=1S/C10H18N4O.2ClH/c1-14-6-3-8(4-7-14)10-13-12-9(15-10)2-5-11;;/h8H,2-7,11H2,1H3;2*1H. The van der Waals surface area contributed by atoms with Gasteiger partial charge in [-0.15, -0.1) is 35.0 Å². The van der Waals surface area contributed by atoms with Crippen molar-refractivity contribution >= 4 is 24.8 Å². The van der Waals surface area contributed by atoms with Gasteiger partial charge in [0.05, 0.1) is 0 Å². The van der Waals surface area contributed by atoms with Crippen LogP contribution in [-0.4, -0.2) is 41.8 Å². The van der Waals surface area contributed by atoms with Gasteiger partial charge in [0.2, 0.25) is 11.8 Å². The lowest BCUT2D eigenvalue weighted by molar-refractivity contribution is 0.235. The zero-order valence-electron chi connectivity index (χ0n) is 9.96. The number of halogens is 2. The summed E-state index contributed by atoms with van der Waals surface area (Å²) in [6.07, 6.45) is 2.90. The quantitative estimate of drug-likeness (QED) is 0.903. The number of rotatable bonds is 3. The molecule has 0 atom stereocenters. The van der Waals surface area contributed by atoms with Crippen LogP contribution < -0.4 is 5.73 Å². The van der Waals surface area contributed by atoms with Gasteiger partial charge >= 0.3 is 0 Å². The summed E-state index contributed by atoms with van der Waals surface area (Å²) in [6, 6.07) is 0. The summed E-state index contributed by atoms with van der Waals surface area (Å²) in [4.78, 5) is 2.33. The molecule has 0 unspecified atom stereocenters. The van der Waals surface area contributed by atoms with E-state index >= 15 is 0 Å². The first kappa shape index (κ1) is 16.6. The predicted octanol–water partition coefficient (Wildman–Crippen LogP) is 1.22. The predicted molar refractivity (Wildman–Crippen MR) is 71.0 cm³/mol. The molecule has 0 spiro atoms. The number of hydrogen-bond acceptors (Lipinski definition) is 5. The number of likely N-dealkylation sites (tertiary alicyclic amines) is 1. The summed E-state index contributed by atoms with van der Waals surface area (Å²) >= 11 is 0. The zero-order valence-corrected chi connectivity index (χ0v) is 11.6. The summed E-state index contributed by atoms with van der Waals surface area (Å²) in [5, 5.41) is 8.08. The maximum Gasteiger partial charge on any atom is 0.219 e. The Morgan fingerprint density at radius 2 is 1.94 bits per heavy atom. The first-order valence-corrected chi connectivity index (χ1v) is 5.50. The lowest BCUT2D eigenvalue weighted by Crippen LogP contribution is -2.29. The average molecular weight is 283 g/mol. The molecular formula is C10H20Cl2N4O. The van der Waals surface area contributed by atoms with Crippen LogP contribution in [0.25, 0.3) is 0 Å². The van der Waals surface area contributed by atoms with Gasteiger partial charge in [0, 0.05) is 18.9 Å². The SMILES string of the molecule is CN1CCC(c2nnc(CCN)o2)CC1.Cl.Cl. The molecule has 1 aromatic rings. The Morgan fingerprint density at radius 1 is 1.29 bits per heavy atom. The van der Waals surface area contributed by atoms with Crippen molar-refractivity contribution in [2.45, 2.75) is 25.2 Å². The van der Waals surface area contributed by atoms with E-state index in [1.165, 1.54) is 0 Å². The van der Waals surface area contributed by atoms with Gasteiger partial charge in [0.15, 0.2) is 0 Å². The molecule has 5 nitrogen and oxygen atoms in total. The van der Waals surface area contributed by atoms with Crippen LogP contribution in [0.3, 0.4) is 0 Å². The molecule has 0 radical (unpaired) electrons. The molecule has 17 heavy (non-hydrogen) atoms. The Balaban J connectivity index is 0.00000128. The van der Waals surface area contributed by atoms with Crippen molar-refractivity contribution in [1.29, 1.82) is 0 Å². The third kappa shape index (κ3) is 4.43. The largest absolute Gasteiger partial charge is 0.425 e. The summed E-state index contributed by atoms with van der Waals surface area (Å²) in [7, 11) is 2.14. The van der Waals surface area contributed by atoms with Crippen LogP contribution in [0.1, 0.15) is 30.5 Å². The lowest BCUT2D eigenvalue weighted by atomic mass is 9.97. The van der Waals surface area contributed by atoms with Crippen molar-refractivity contribution in [2.24, 2.45) is 5.73 Å². The van der Waals surface area contributed by atoms with E-state index in [0.29, 0.717) is 24.8 Å². The summed E-state index contributed by atoms with van der Waals surface area (Å²) in [6.45, 7) is 2.79. The van der Waals surface area contributed by atoms with Crippen LogP contribution in [0.15, 0.2) is 4.42 Å². The van der Waals surface area contributed by atoms with Crippen molar-refractivity contribution in [3.8, 4) is 0 Å². The molecule has 0 amide bonds. The van der Waals surface area contributed by atoms with Crippen molar-refractivity contribution in [3.63, 3.8) is 0 Å². The minimum Gasteiger partial charge on any atom is -0.425 e. The molecule has 2 heterocycles. The highest BCUT2D eigenvalue weighted by atomic mass is 35.5. The van der Waals surface area contributed by atoms with Crippen LogP contribution in [-0.2, 0) is 6.42 Å². The Hall–Kier alpha value is -0.360. The van der Waals surface area contributed by atoms with Gasteiger partial charge in [0.25, 0.3) is 0 Å². The molecule has 7 heteroatoms. The molecule has 1 aliphatic rings. The minimum atomic E-state index is 0. The molecule has 0 bridgehead atoms. The highest BCUT2D eigenvalue weighted by Gasteiger charge is 2.23. The third-order valence-electron chi connectivity index (χ3n) is 2.91. The van der Waals surface area contributed by atoms with Crippen molar-refractivity contribution in [1.82, 2.24) is 15.1 Å². The summed E-state index contributed by atoms with van der Waals surface area (Å²) in [5.41, 5.74) is 5.43. The number of hydrogen-bond donors (Lipinski definition) is 1. The van der Waals surface area contributed by atoms with Crippen molar-refractivity contribution in [2.75, 3.05) is 26.7 Å². The van der Waals surface area contributed by atoms with E-state index in [1.807, 2.05) is 0 Å². The second kappa shape index (κ2) is 7.87. The molecule has 0 aromatic carbocycles. The van der Waals surface area contributed by atoms with E-state index in [2.05, 4.69) is 22.1 Å². The van der Waals surface area contributed by atoms with Crippen LogP contribution in [0.2, 0.25) is 0 Å². The molecule has 0 saturated carbocycles. The average Bonchev–Trinajstić information content (AvgIpc) is 2.68. The van der Waals surface area contributed by atoms with Gasteiger partial charge in [-0.25, -0.2) is 0 Å². The van der Waals surface area contributed by atoms with Crippen LogP contribution in [0.4, 0.5) is 0 Å². The molecule has 2 N–H and O–H groups in total. The first-order chi connectivity index (χ1) is 7.29. The Bertz CT molecular complexity index is 313. The van der Waals surface area contributed by atoms with Gasteiger partial charge in [-0.2, -0.15) is 0 Å². The molecule has 1 aliphatic heterocycles. The molecule has 100 valence electrons. The van der Waals surface area contributed by atoms with Crippen molar-refractivity contribution in [3.05, 3.63) is 11.8 Å². The van der Waals surface area contributed by atoms with Crippen molar-refractivity contribution < 1.29 is 4.42 Å². The summed E-state index contributed by atoms with van der Waals surface area (Å²) < 4.78 is 5.58. The van der Waals surface area contributed by atoms with Gasteiger partial charge in [-0.1, -0.05) is 0 Å². The van der Waals surface area contributed by atoms with Gasteiger partial charge < -0.3 is 15.1 Å². The van der Waals surface area contributed by atoms with E-state index in [-0.39, 0.29) is 24.8 Å². The molecule has 1 fully saturated rings. The number of piperidine rings is 1.